The molecule has 3 aliphatic rings. The number of halogens is 2. The van der Waals surface area contributed by atoms with Gasteiger partial charge in [-0.2, -0.15) is 10.4 Å². The van der Waals surface area contributed by atoms with E-state index in [2.05, 4.69) is 15.3 Å². The summed E-state index contributed by atoms with van der Waals surface area (Å²) in [5.74, 6) is 0.000948. The van der Waals surface area contributed by atoms with Gasteiger partial charge in [0, 0.05) is 30.6 Å². The number of guanidine groups is 1. The van der Waals surface area contributed by atoms with Gasteiger partial charge in [0.15, 0.2) is 23.1 Å². The SMILES string of the molecule is NC1=CC2=NC(CC3CCCN3Cc3cccc(F)c3F)(c3ccco3)NN2C(N)=N1. The maximum atomic E-state index is 14.3. The van der Waals surface area contributed by atoms with Gasteiger partial charge in [0.05, 0.1) is 6.26 Å². The molecule has 1 aromatic heterocycles. The molecule has 10 heteroatoms. The molecule has 1 fully saturated rings. The highest BCUT2D eigenvalue weighted by Crippen LogP contribution is 2.38. The van der Waals surface area contributed by atoms with E-state index >= 15 is 0 Å². The van der Waals surface area contributed by atoms with Crippen molar-refractivity contribution in [3.8, 4) is 0 Å². The van der Waals surface area contributed by atoms with Crippen molar-refractivity contribution in [1.82, 2.24) is 15.3 Å². The fraction of sp³-hybridized carbons (Fsp3) is 0.333. The van der Waals surface area contributed by atoms with E-state index in [-0.39, 0.29) is 17.8 Å². The number of nitrogens with one attached hydrogen (secondary N) is 1. The minimum atomic E-state index is -0.923. The molecule has 0 bridgehead atoms. The highest BCUT2D eigenvalue weighted by atomic mass is 19.2. The highest BCUT2D eigenvalue weighted by Gasteiger charge is 2.47. The Balaban J connectivity index is 1.44. The highest BCUT2D eigenvalue weighted by molar-refractivity contribution is 6.08. The molecule has 1 aromatic carbocycles. The van der Waals surface area contributed by atoms with Crippen LogP contribution in [0.5, 0.6) is 0 Å². The number of furan rings is 1. The van der Waals surface area contributed by atoms with E-state index in [4.69, 9.17) is 20.9 Å². The fourth-order valence-corrected chi connectivity index (χ4v) is 4.51. The summed E-state index contributed by atoms with van der Waals surface area (Å²) < 4.78 is 33.7. The predicted octanol–water partition coefficient (Wildman–Crippen LogP) is 2.11. The molecule has 162 valence electrons. The van der Waals surface area contributed by atoms with Crippen LogP contribution in [0.25, 0.3) is 0 Å². The van der Waals surface area contributed by atoms with Gasteiger partial charge >= 0.3 is 0 Å². The minimum Gasteiger partial charge on any atom is -0.465 e. The van der Waals surface area contributed by atoms with Gasteiger partial charge in [0.25, 0.3) is 0 Å². The standard InChI is InChI=1S/C21H23F2N7O/c22-15-6-1-4-13(19(15)23)12-29-8-2-5-14(29)11-21(16-7-3-9-31-16)27-18-10-17(24)26-20(25)30(18)28-21/h1,3-4,6-7,9-10,14,28H,2,5,8,11-12,24H2,(H2,25,26). The summed E-state index contributed by atoms with van der Waals surface area (Å²) in [6.45, 7) is 1.10. The molecule has 8 nitrogen and oxygen atoms in total. The Morgan fingerprint density at radius 3 is 2.90 bits per heavy atom. The molecule has 0 amide bonds. The topological polar surface area (TPSA) is 108 Å². The molecular formula is C21H23F2N7O. The second-order valence-electron chi connectivity index (χ2n) is 7.98. The first-order valence-corrected chi connectivity index (χ1v) is 10.2. The monoisotopic (exact) mass is 427 g/mol. The van der Waals surface area contributed by atoms with Crippen molar-refractivity contribution in [2.75, 3.05) is 6.54 Å². The van der Waals surface area contributed by atoms with Crippen molar-refractivity contribution in [3.63, 3.8) is 0 Å². The third-order valence-electron chi connectivity index (χ3n) is 5.94. The van der Waals surface area contributed by atoms with E-state index in [0.29, 0.717) is 30.1 Å². The van der Waals surface area contributed by atoms with Gasteiger partial charge in [-0.05, 0) is 37.6 Å². The summed E-state index contributed by atoms with van der Waals surface area (Å²) in [4.78, 5) is 11.1. The molecular weight excluding hydrogens is 404 g/mol. The van der Waals surface area contributed by atoms with Crippen LogP contribution in [0.1, 0.15) is 30.6 Å². The molecule has 0 radical (unpaired) electrons. The molecule has 5 rings (SSSR count). The van der Waals surface area contributed by atoms with Crippen LogP contribution in [0.3, 0.4) is 0 Å². The summed E-state index contributed by atoms with van der Waals surface area (Å²) in [5.41, 5.74) is 14.6. The first-order chi connectivity index (χ1) is 14.9. The average molecular weight is 427 g/mol. The number of aliphatic imine (C=N–C) groups is 2. The number of nitrogens with zero attached hydrogens (tertiary/aromatic N) is 4. The Morgan fingerprint density at radius 2 is 2.10 bits per heavy atom. The maximum absolute atomic E-state index is 14.3. The van der Waals surface area contributed by atoms with Crippen LogP contribution in [-0.4, -0.2) is 34.3 Å². The van der Waals surface area contributed by atoms with Gasteiger partial charge in [0.2, 0.25) is 5.96 Å². The third-order valence-corrected chi connectivity index (χ3v) is 5.94. The Labute approximate surface area is 177 Å². The fourth-order valence-electron chi connectivity index (χ4n) is 4.51. The van der Waals surface area contributed by atoms with Gasteiger partial charge < -0.3 is 15.9 Å². The van der Waals surface area contributed by atoms with Crippen molar-refractivity contribution in [2.24, 2.45) is 21.5 Å². The number of likely N-dealkylation sites (tertiary alicyclic amines) is 1. The second-order valence-corrected chi connectivity index (χ2v) is 7.98. The van der Waals surface area contributed by atoms with Crippen LogP contribution >= 0.6 is 0 Å². The van der Waals surface area contributed by atoms with Crippen molar-refractivity contribution in [1.29, 1.82) is 0 Å². The number of hydrazine groups is 1. The summed E-state index contributed by atoms with van der Waals surface area (Å²) in [6, 6.07) is 7.99. The average Bonchev–Trinajstić information content (AvgIpc) is 3.46. The molecule has 3 aliphatic heterocycles. The van der Waals surface area contributed by atoms with Crippen LogP contribution in [-0.2, 0) is 12.2 Å². The van der Waals surface area contributed by atoms with Crippen molar-refractivity contribution >= 4 is 11.8 Å². The Morgan fingerprint density at radius 1 is 1.23 bits per heavy atom. The largest absolute Gasteiger partial charge is 0.465 e. The third kappa shape index (κ3) is 3.47. The van der Waals surface area contributed by atoms with Crippen LogP contribution < -0.4 is 16.9 Å². The lowest BCUT2D eigenvalue weighted by molar-refractivity contribution is 0.146. The molecule has 2 aromatic rings. The van der Waals surface area contributed by atoms with E-state index in [1.165, 1.54) is 6.07 Å². The lowest BCUT2D eigenvalue weighted by Crippen LogP contribution is -2.54. The molecule has 4 heterocycles. The lowest BCUT2D eigenvalue weighted by Gasteiger charge is -2.33. The summed E-state index contributed by atoms with van der Waals surface area (Å²) in [6.07, 6.45) is 5.62. The van der Waals surface area contributed by atoms with Crippen LogP contribution in [0, 0.1) is 11.6 Å². The van der Waals surface area contributed by atoms with Gasteiger partial charge in [-0.15, -0.1) is 0 Å². The molecule has 0 aliphatic carbocycles. The Bertz CT molecular complexity index is 1080. The quantitative estimate of drug-likeness (QED) is 0.675. The molecule has 0 spiro atoms. The van der Waals surface area contributed by atoms with Gasteiger partial charge in [-0.1, -0.05) is 12.1 Å². The zero-order valence-corrected chi connectivity index (χ0v) is 16.8. The predicted molar refractivity (Wildman–Crippen MR) is 111 cm³/mol. The van der Waals surface area contributed by atoms with E-state index in [0.717, 1.165) is 25.5 Å². The van der Waals surface area contributed by atoms with Gasteiger partial charge in [-0.3, -0.25) is 4.90 Å². The second kappa shape index (κ2) is 7.47. The number of hydrogen-bond acceptors (Lipinski definition) is 8. The van der Waals surface area contributed by atoms with E-state index in [1.54, 1.807) is 29.5 Å². The maximum Gasteiger partial charge on any atom is 0.218 e. The zero-order chi connectivity index (χ0) is 21.6. The number of nitrogens with two attached hydrogens (primary N) is 2. The smallest absolute Gasteiger partial charge is 0.218 e. The van der Waals surface area contributed by atoms with E-state index < -0.39 is 17.3 Å². The number of hydrogen-bond donors (Lipinski definition) is 3. The van der Waals surface area contributed by atoms with Gasteiger partial charge in [0.1, 0.15) is 11.6 Å². The van der Waals surface area contributed by atoms with Crippen LogP contribution in [0.15, 0.2) is 62.9 Å². The zero-order valence-electron chi connectivity index (χ0n) is 16.8. The van der Waals surface area contributed by atoms with Crippen molar-refractivity contribution in [2.45, 2.75) is 37.5 Å². The minimum absolute atomic E-state index is 0.0606. The molecule has 1 saturated heterocycles. The summed E-state index contributed by atoms with van der Waals surface area (Å²) in [7, 11) is 0. The first-order valence-electron chi connectivity index (χ1n) is 10.2. The lowest BCUT2D eigenvalue weighted by atomic mass is 9.96. The Kier molecular flexibility index (Phi) is 4.75. The normalized spacial score (nSPS) is 25.9. The number of rotatable bonds is 5. The van der Waals surface area contributed by atoms with Crippen LogP contribution in [0.2, 0.25) is 0 Å². The first kappa shape index (κ1) is 19.7. The van der Waals surface area contributed by atoms with E-state index in [1.807, 2.05) is 6.07 Å². The molecule has 2 unspecified atom stereocenters. The van der Waals surface area contributed by atoms with Crippen molar-refractivity contribution < 1.29 is 13.2 Å². The number of amidine groups is 1. The molecule has 2 atom stereocenters. The number of fused-ring (bicyclic) bond motifs is 1. The summed E-state index contributed by atoms with van der Waals surface area (Å²) in [5, 5.41) is 1.59. The van der Waals surface area contributed by atoms with E-state index in [9.17, 15) is 8.78 Å². The number of benzene rings is 1. The summed E-state index contributed by atoms with van der Waals surface area (Å²) >= 11 is 0. The van der Waals surface area contributed by atoms with Crippen LogP contribution in [0.4, 0.5) is 8.78 Å². The van der Waals surface area contributed by atoms with Crippen molar-refractivity contribution in [3.05, 3.63) is 71.5 Å². The Hall–Kier alpha value is -3.24. The molecule has 0 saturated carbocycles. The molecule has 5 N–H and O–H groups in total. The molecule has 31 heavy (non-hydrogen) atoms. The van der Waals surface area contributed by atoms with Gasteiger partial charge in [-0.25, -0.2) is 18.8 Å².